The van der Waals surface area contributed by atoms with Gasteiger partial charge in [-0.15, -0.1) is 11.8 Å². The number of nitrogens with two attached hydrogens (primary N) is 1. The largest absolute Gasteiger partial charge is 0.399 e. The fraction of sp³-hybridized carbons (Fsp3) is 0.600. The Hall–Kier alpha value is -0.720. The molecule has 4 nitrogen and oxygen atoms in total. The van der Waals surface area contributed by atoms with Gasteiger partial charge >= 0.3 is 0 Å². The summed E-state index contributed by atoms with van der Waals surface area (Å²) >= 11 is 1.54. The molecular formula is C15H24N2O2S2. The minimum Gasteiger partial charge on any atom is -0.399 e. The maximum Gasteiger partial charge on any atom is 0.212 e. The predicted molar refractivity (Wildman–Crippen MR) is 89.9 cm³/mol. The van der Waals surface area contributed by atoms with Crippen LogP contribution in [-0.4, -0.2) is 26.5 Å². The van der Waals surface area contributed by atoms with Gasteiger partial charge in [0, 0.05) is 22.9 Å². The summed E-state index contributed by atoms with van der Waals surface area (Å²) in [6.45, 7) is 0.583. The van der Waals surface area contributed by atoms with Crippen molar-refractivity contribution < 1.29 is 8.42 Å². The molecule has 0 heterocycles. The number of hydrogen-bond donors (Lipinski definition) is 2. The molecule has 1 aliphatic rings. The topological polar surface area (TPSA) is 72.2 Å². The van der Waals surface area contributed by atoms with E-state index in [1.165, 1.54) is 25.7 Å². The van der Waals surface area contributed by atoms with Gasteiger partial charge in [0.05, 0.1) is 5.75 Å². The molecule has 1 aromatic carbocycles. The molecule has 1 fully saturated rings. The fourth-order valence-electron chi connectivity index (χ4n) is 2.62. The van der Waals surface area contributed by atoms with Crippen LogP contribution in [0.25, 0.3) is 0 Å². The van der Waals surface area contributed by atoms with Crippen molar-refractivity contribution in [3.05, 3.63) is 24.3 Å². The average molecular weight is 329 g/mol. The number of nitrogens with one attached hydrogen (secondary N) is 1. The summed E-state index contributed by atoms with van der Waals surface area (Å²) in [5.41, 5.74) is 6.34. The highest BCUT2D eigenvalue weighted by molar-refractivity contribution is 8.00. The molecule has 0 spiro atoms. The van der Waals surface area contributed by atoms with Gasteiger partial charge in [-0.05, 0) is 36.6 Å². The molecule has 2 rings (SSSR count). The van der Waals surface area contributed by atoms with Crippen LogP contribution in [0, 0.1) is 5.92 Å². The van der Waals surface area contributed by atoms with E-state index in [0.29, 0.717) is 12.3 Å². The number of hydrogen-bond acceptors (Lipinski definition) is 4. The highest BCUT2D eigenvalue weighted by Crippen LogP contribution is 2.27. The van der Waals surface area contributed by atoms with Crippen molar-refractivity contribution in [3.8, 4) is 0 Å². The monoisotopic (exact) mass is 328 g/mol. The van der Waals surface area contributed by atoms with Crippen LogP contribution in [0.4, 0.5) is 5.69 Å². The Bertz CT molecular complexity index is 523. The maximum absolute atomic E-state index is 11.9. The molecular weight excluding hydrogens is 304 g/mol. The molecule has 1 aliphatic carbocycles. The second kappa shape index (κ2) is 8.06. The van der Waals surface area contributed by atoms with Crippen LogP contribution in [0.15, 0.2) is 29.2 Å². The summed E-state index contributed by atoms with van der Waals surface area (Å²) in [4.78, 5) is 1.05. The Morgan fingerprint density at radius 3 is 2.52 bits per heavy atom. The van der Waals surface area contributed by atoms with Crippen LogP contribution < -0.4 is 10.5 Å². The molecule has 1 saturated carbocycles. The highest BCUT2D eigenvalue weighted by Gasteiger charge is 2.16. The number of sulfonamides is 1. The fourth-order valence-corrected chi connectivity index (χ4v) is 4.97. The third kappa shape index (κ3) is 6.28. The first-order valence-electron chi connectivity index (χ1n) is 7.51. The molecule has 0 aromatic heterocycles. The van der Waals surface area contributed by atoms with E-state index in [0.717, 1.165) is 22.9 Å². The quantitative estimate of drug-likeness (QED) is 0.568. The van der Waals surface area contributed by atoms with Crippen LogP contribution in [0.3, 0.4) is 0 Å². The first kappa shape index (κ1) is 16.6. The second-order valence-corrected chi connectivity index (χ2v) is 8.66. The summed E-state index contributed by atoms with van der Waals surface area (Å²) < 4.78 is 26.5. The molecule has 3 N–H and O–H groups in total. The van der Waals surface area contributed by atoms with Crippen molar-refractivity contribution >= 4 is 27.5 Å². The molecule has 6 heteroatoms. The van der Waals surface area contributed by atoms with Gasteiger partial charge in [0.1, 0.15) is 0 Å². The van der Waals surface area contributed by atoms with Gasteiger partial charge in [-0.2, -0.15) is 0 Å². The molecule has 118 valence electrons. The van der Waals surface area contributed by atoms with E-state index in [4.69, 9.17) is 5.73 Å². The molecule has 1 aromatic rings. The van der Waals surface area contributed by atoms with Crippen molar-refractivity contribution in [2.45, 2.75) is 37.0 Å². The van der Waals surface area contributed by atoms with Crippen LogP contribution in [-0.2, 0) is 10.0 Å². The lowest BCUT2D eigenvalue weighted by Gasteiger charge is -2.10. The number of rotatable bonds is 8. The van der Waals surface area contributed by atoms with Crippen LogP contribution in [0.2, 0.25) is 0 Å². The summed E-state index contributed by atoms with van der Waals surface area (Å²) in [6, 6.07) is 7.49. The zero-order valence-corrected chi connectivity index (χ0v) is 13.9. The molecule has 0 radical (unpaired) electrons. The third-order valence-electron chi connectivity index (χ3n) is 3.85. The normalized spacial score (nSPS) is 16.4. The van der Waals surface area contributed by atoms with E-state index in [1.54, 1.807) is 11.8 Å². The lowest BCUT2D eigenvalue weighted by molar-refractivity contribution is 0.496. The summed E-state index contributed by atoms with van der Waals surface area (Å²) in [5.74, 6) is 1.44. The Labute approximate surface area is 131 Å². The van der Waals surface area contributed by atoms with E-state index in [1.807, 2.05) is 24.3 Å². The Kier molecular flexibility index (Phi) is 6.39. The molecule has 0 aliphatic heterocycles. The Balaban J connectivity index is 1.64. The molecule has 21 heavy (non-hydrogen) atoms. The van der Waals surface area contributed by atoms with Crippen molar-refractivity contribution in [3.63, 3.8) is 0 Å². The molecule has 0 unspecified atom stereocenters. The minimum absolute atomic E-state index is 0.159. The average Bonchev–Trinajstić information content (AvgIpc) is 2.94. The zero-order chi connectivity index (χ0) is 15.1. The number of benzene rings is 1. The van der Waals surface area contributed by atoms with Crippen LogP contribution >= 0.6 is 11.8 Å². The Morgan fingerprint density at radius 2 is 1.86 bits per heavy atom. The molecule has 0 bridgehead atoms. The number of nitrogen functional groups attached to an aromatic ring is 1. The molecule has 0 amide bonds. The highest BCUT2D eigenvalue weighted by atomic mass is 32.2. The Morgan fingerprint density at radius 1 is 1.19 bits per heavy atom. The van der Waals surface area contributed by atoms with E-state index in [9.17, 15) is 8.42 Å². The second-order valence-electron chi connectivity index (χ2n) is 5.57. The van der Waals surface area contributed by atoms with Gasteiger partial charge in [0.2, 0.25) is 10.0 Å². The van der Waals surface area contributed by atoms with E-state index in [2.05, 4.69) is 4.72 Å². The van der Waals surface area contributed by atoms with Crippen molar-refractivity contribution in [1.82, 2.24) is 4.72 Å². The van der Waals surface area contributed by atoms with E-state index >= 15 is 0 Å². The molecule has 0 atom stereocenters. The number of thioether (sulfide) groups is 1. The summed E-state index contributed by atoms with van der Waals surface area (Å²) in [5, 5.41) is 0. The summed E-state index contributed by atoms with van der Waals surface area (Å²) in [6.07, 6.45) is 6.10. The van der Waals surface area contributed by atoms with Crippen LogP contribution in [0.1, 0.15) is 32.1 Å². The van der Waals surface area contributed by atoms with Gasteiger partial charge in [-0.25, -0.2) is 13.1 Å². The van der Waals surface area contributed by atoms with Crippen molar-refractivity contribution in [2.24, 2.45) is 5.92 Å². The van der Waals surface area contributed by atoms with Gasteiger partial charge in [0.15, 0.2) is 0 Å². The number of anilines is 1. The van der Waals surface area contributed by atoms with Gasteiger partial charge in [0.25, 0.3) is 0 Å². The van der Waals surface area contributed by atoms with E-state index in [-0.39, 0.29) is 5.75 Å². The smallest absolute Gasteiger partial charge is 0.212 e. The minimum atomic E-state index is -3.15. The zero-order valence-electron chi connectivity index (χ0n) is 12.3. The van der Waals surface area contributed by atoms with Crippen LogP contribution in [0.5, 0.6) is 0 Å². The summed E-state index contributed by atoms with van der Waals surface area (Å²) in [7, 11) is -3.15. The third-order valence-corrected chi connectivity index (χ3v) is 6.51. The van der Waals surface area contributed by atoms with Gasteiger partial charge < -0.3 is 5.73 Å². The maximum atomic E-state index is 11.9. The van der Waals surface area contributed by atoms with Gasteiger partial charge in [-0.1, -0.05) is 25.7 Å². The standard InChI is InChI=1S/C15H24N2O2S2/c16-14-5-7-15(8-6-14)20-11-12-21(18,19)17-10-9-13-3-1-2-4-13/h5-8,13,17H,1-4,9-12,16H2. The van der Waals surface area contributed by atoms with Gasteiger partial charge in [-0.3, -0.25) is 0 Å². The first-order chi connectivity index (χ1) is 10.1. The lowest BCUT2D eigenvalue weighted by Crippen LogP contribution is -2.29. The SMILES string of the molecule is Nc1ccc(SCCS(=O)(=O)NCCC2CCCC2)cc1. The van der Waals surface area contributed by atoms with E-state index < -0.39 is 10.0 Å². The van der Waals surface area contributed by atoms with Crippen molar-refractivity contribution in [1.29, 1.82) is 0 Å². The first-order valence-corrected chi connectivity index (χ1v) is 10.1. The predicted octanol–water partition coefficient (Wildman–Crippen LogP) is 2.86. The molecule has 0 saturated heterocycles. The lowest BCUT2D eigenvalue weighted by atomic mass is 10.1. The van der Waals surface area contributed by atoms with Crippen molar-refractivity contribution in [2.75, 3.05) is 23.8 Å².